The molecule has 0 aliphatic rings. The zero-order valence-electron chi connectivity index (χ0n) is 6.94. The van der Waals surface area contributed by atoms with Gasteiger partial charge >= 0.3 is 0 Å². The fraction of sp³-hybridized carbons (Fsp3) is 0. The van der Waals surface area contributed by atoms with Crippen LogP contribution in [0.1, 0.15) is 5.56 Å². The topological polar surface area (TPSA) is 12.4 Å². The minimum absolute atomic E-state index is 1.05. The Morgan fingerprint density at radius 1 is 1.00 bits per heavy atom. The highest BCUT2D eigenvalue weighted by Crippen LogP contribution is 2.16. The van der Waals surface area contributed by atoms with Crippen molar-refractivity contribution in [2.45, 2.75) is 0 Å². The van der Waals surface area contributed by atoms with E-state index < -0.39 is 0 Å². The standard InChI is InChI=1S/C11H8ClN/c12-13-8-10-6-3-5-9-4-1-2-7-11(9)10/h1-8H. The van der Waals surface area contributed by atoms with Crippen molar-refractivity contribution in [2.75, 3.05) is 0 Å². The van der Waals surface area contributed by atoms with Gasteiger partial charge in [-0.25, -0.2) is 0 Å². The lowest BCUT2D eigenvalue weighted by Crippen LogP contribution is -1.82. The second-order valence-corrected chi connectivity index (χ2v) is 2.99. The molecule has 0 aliphatic heterocycles. The van der Waals surface area contributed by atoms with E-state index in [2.05, 4.69) is 22.7 Å². The monoisotopic (exact) mass is 189 g/mol. The molecule has 0 atom stereocenters. The predicted octanol–water partition coefficient (Wildman–Crippen LogP) is 3.41. The molecular weight excluding hydrogens is 182 g/mol. The summed E-state index contributed by atoms with van der Waals surface area (Å²) in [6.45, 7) is 0. The number of hydrogen-bond donors (Lipinski definition) is 0. The molecule has 0 saturated carbocycles. The van der Waals surface area contributed by atoms with Gasteiger partial charge in [-0.15, -0.1) is 0 Å². The number of rotatable bonds is 1. The van der Waals surface area contributed by atoms with E-state index in [0.29, 0.717) is 0 Å². The van der Waals surface area contributed by atoms with Gasteiger partial charge in [-0.2, -0.15) is 4.51 Å². The van der Waals surface area contributed by atoms with Gasteiger partial charge in [0, 0.05) is 23.6 Å². The van der Waals surface area contributed by atoms with E-state index in [0.717, 1.165) is 5.56 Å². The van der Waals surface area contributed by atoms with E-state index in [1.165, 1.54) is 10.8 Å². The first kappa shape index (κ1) is 8.27. The third-order valence-corrected chi connectivity index (χ3v) is 2.11. The van der Waals surface area contributed by atoms with Gasteiger partial charge in [0.2, 0.25) is 0 Å². The lowest BCUT2D eigenvalue weighted by Gasteiger charge is -1.99. The summed E-state index contributed by atoms with van der Waals surface area (Å²) in [4.78, 5) is 0. The van der Waals surface area contributed by atoms with Crippen LogP contribution in [0.4, 0.5) is 0 Å². The Morgan fingerprint density at radius 3 is 2.62 bits per heavy atom. The van der Waals surface area contributed by atoms with Gasteiger partial charge in [0.25, 0.3) is 0 Å². The molecule has 0 fully saturated rings. The zero-order valence-corrected chi connectivity index (χ0v) is 7.70. The Hall–Kier alpha value is -1.34. The molecule has 2 heteroatoms. The SMILES string of the molecule is ClN=Cc1cccc2ccccc12. The summed E-state index contributed by atoms with van der Waals surface area (Å²) < 4.78 is 3.50. The molecule has 0 amide bonds. The van der Waals surface area contributed by atoms with E-state index in [1.54, 1.807) is 6.21 Å². The molecule has 0 saturated heterocycles. The van der Waals surface area contributed by atoms with E-state index in [9.17, 15) is 0 Å². The molecule has 0 aliphatic carbocycles. The zero-order chi connectivity index (χ0) is 9.10. The quantitative estimate of drug-likeness (QED) is 0.610. The number of benzene rings is 2. The van der Waals surface area contributed by atoms with E-state index in [4.69, 9.17) is 11.8 Å². The normalized spacial score (nSPS) is 11.2. The highest BCUT2D eigenvalue weighted by atomic mass is 35.5. The van der Waals surface area contributed by atoms with Crippen molar-refractivity contribution in [3.05, 3.63) is 48.0 Å². The molecule has 0 radical (unpaired) electrons. The van der Waals surface area contributed by atoms with Gasteiger partial charge in [0.1, 0.15) is 0 Å². The first-order valence-corrected chi connectivity index (χ1v) is 4.38. The molecule has 0 aromatic heterocycles. The maximum Gasteiger partial charge on any atom is 0.0494 e. The van der Waals surface area contributed by atoms with E-state index in [1.807, 2.05) is 24.3 Å². The summed E-state index contributed by atoms with van der Waals surface area (Å²) in [5, 5.41) is 2.38. The highest BCUT2D eigenvalue weighted by molar-refractivity contribution is 6.19. The van der Waals surface area contributed by atoms with Gasteiger partial charge in [-0.05, 0) is 10.8 Å². The van der Waals surface area contributed by atoms with Crippen LogP contribution in [-0.2, 0) is 0 Å². The van der Waals surface area contributed by atoms with Crippen LogP contribution in [0.25, 0.3) is 10.8 Å². The van der Waals surface area contributed by atoms with Crippen LogP contribution in [-0.4, -0.2) is 6.21 Å². The van der Waals surface area contributed by atoms with Gasteiger partial charge in [-0.1, -0.05) is 42.5 Å². The molecule has 0 N–H and O–H groups in total. The fourth-order valence-electron chi connectivity index (χ4n) is 1.42. The van der Waals surface area contributed by atoms with Crippen LogP contribution >= 0.6 is 11.8 Å². The number of nitrogens with zero attached hydrogens (tertiary/aromatic N) is 1. The maximum atomic E-state index is 5.31. The maximum absolute atomic E-state index is 5.31. The van der Waals surface area contributed by atoms with Crippen LogP contribution in [0, 0.1) is 0 Å². The average Bonchev–Trinajstić information content (AvgIpc) is 2.19. The molecule has 2 aromatic carbocycles. The largest absolute Gasteiger partial charge is 0.185 e. The predicted molar refractivity (Wildman–Crippen MR) is 57.4 cm³/mol. The van der Waals surface area contributed by atoms with Gasteiger partial charge < -0.3 is 0 Å². The van der Waals surface area contributed by atoms with Crippen LogP contribution < -0.4 is 0 Å². The van der Waals surface area contributed by atoms with Crippen molar-refractivity contribution >= 4 is 28.8 Å². The van der Waals surface area contributed by atoms with Crippen molar-refractivity contribution in [3.63, 3.8) is 0 Å². The average molecular weight is 190 g/mol. The molecule has 2 aromatic rings. The molecule has 0 bridgehead atoms. The summed E-state index contributed by atoms with van der Waals surface area (Å²) in [7, 11) is 0. The van der Waals surface area contributed by atoms with Gasteiger partial charge in [-0.3, -0.25) is 0 Å². The van der Waals surface area contributed by atoms with Crippen molar-refractivity contribution in [1.82, 2.24) is 0 Å². The Morgan fingerprint density at radius 2 is 1.77 bits per heavy atom. The summed E-state index contributed by atoms with van der Waals surface area (Å²) >= 11 is 5.31. The Kier molecular flexibility index (Phi) is 2.28. The second-order valence-electron chi connectivity index (χ2n) is 2.80. The van der Waals surface area contributed by atoms with Crippen LogP contribution in [0.5, 0.6) is 0 Å². The summed E-state index contributed by atoms with van der Waals surface area (Å²) in [6.07, 6.45) is 1.66. The number of halogens is 1. The molecular formula is C11H8ClN. The van der Waals surface area contributed by atoms with Crippen LogP contribution in [0.2, 0.25) is 0 Å². The lowest BCUT2D eigenvalue weighted by molar-refractivity contribution is 1.71. The summed E-state index contributed by atoms with van der Waals surface area (Å²) in [5.74, 6) is 0. The van der Waals surface area contributed by atoms with Crippen molar-refractivity contribution in [2.24, 2.45) is 4.51 Å². The molecule has 0 heterocycles. The Labute approximate surface area is 81.8 Å². The minimum Gasteiger partial charge on any atom is -0.185 e. The fourth-order valence-corrected chi connectivity index (χ4v) is 1.52. The highest BCUT2D eigenvalue weighted by Gasteiger charge is 1.95. The van der Waals surface area contributed by atoms with Crippen LogP contribution in [0.15, 0.2) is 47.0 Å². The number of fused-ring (bicyclic) bond motifs is 1. The van der Waals surface area contributed by atoms with Gasteiger partial charge in [0.15, 0.2) is 0 Å². The summed E-state index contributed by atoms with van der Waals surface area (Å²) in [6, 6.07) is 14.2. The van der Waals surface area contributed by atoms with E-state index >= 15 is 0 Å². The molecule has 2 rings (SSSR count). The first-order valence-electron chi connectivity index (χ1n) is 4.04. The third-order valence-electron chi connectivity index (χ3n) is 2.01. The van der Waals surface area contributed by atoms with E-state index in [-0.39, 0.29) is 0 Å². The van der Waals surface area contributed by atoms with Gasteiger partial charge in [0.05, 0.1) is 0 Å². The molecule has 1 nitrogen and oxygen atoms in total. The smallest absolute Gasteiger partial charge is 0.0494 e. The van der Waals surface area contributed by atoms with Crippen molar-refractivity contribution < 1.29 is 0 Å². The van der Waals surface area contributed by atoms with Crippen molar-refractivity contribution in [1.29, 1.82) is 0 Å². The number of hydrogen-bond acceptors (Lipinski definition) is 1. The second kappa shape index (κ2) is 3.58. The summed E-state index contributed by atoms with van der Waals surface area (Å²) in [5.41, 5.74) is 1.05. The first-order chi connectivity index (χ1) is 6.42. The van der Waals surface area contributed by atoms with Crippen LogP contribution in [0.3, 0.4) is 0 Å². The van der Waals surface area contributed by atoms with Crippen molar-refractivity contribution in [3.8, 4) is 0 Å². The molecule has 64 valence electrons. The Bertz CT molecular complexity index is 443. The molecule has 13 heavy (non-hydrogen) atoms. The molecule has 0 spiro atoms. The Balaban J connectivity index is 2.75. The third kappa shape index (κ3) is 1.56. The molecule has 0 unspecified atom stereocenters. The minimum atomic E-state index is 1.05. The lowest BCUT2D eigenvalue weighted by atomic mass is 10.1.